The van der Waals surface area contributed by atoms with Crippen LogP contribution in [0.4, 0.5) is 11.4 Å². The number of hydrogen-bond acceptors (Lipinski definition) is 26. The van der Waals surface area contributed by atoms with Gasteiger partial charge >= 0.3 is 11.9 Å². The van der Waals surface area contributed by atoms with E-state index >= 15 is 9.59 Å². The number of esters is 2. The first-order chi connectivity index (χ1) is 57.7. The second-order valence-corrected chi connectivity index (χ2v) is 37.3. The molecule has 2 aromatic carbocycles. The fourth-order valence-corrected chi connectivity index (χ4v) is 23.9. The number of methoxy groups -OCH3 is 6. The van der Waals surface area contributed by atoms with Crippen LogP contribution in [0.25, 0.3) is 0 Å². The lowest BCUT2D eigenvalue weighted by Crippen LogP contribution is -2.59. The first-order valence-electron chi connectivity index (χ1n) is 45.4. The molecule has 6 saturated heterocycles. The molecule has 0 amide bonds. The maximum Gasteiger partial charge on any atom is 0.306 e. The molecule has 6 unspecified atom stereocenters. The Morgan fingerprint density at radius 2 is 0.817 bits per heavy atom. The van der Waals surface area contributed by atoms with Gasteiger partial charge in [-0.1, -0.05) is 76.2 Å². The van der Waals surface area contributed by atoms with E-state index in [1.54, 1.807) is 42.7 Å². The van der Waals surface area contributed by atoms with Crippen LogP contribution in [0, 0.1) is 71.0 Å². The van der Waals surface area contributed by atoms with Gasteiger partial charge in [0.1, 0.15) is 48.8 Å². The topological polar surface area (TPSA) is 287 Å². The molecule has 38 atom stereocenters. The van der Waals surface area contributed by atoms with Gasteiger partial charge in [0.25, 0.3) is 0 Å². The van der Waals surface area contributed by atoms with E-state index < -0.39 is 97.4 Å². The van der Waals surface area contributed by atoms with Gasteiger partial charge in [0.15, 0.2) is 36.7 Å². The highest BCUT2D eigenvalue weighted by molar-refractivity contribution is 6.00. The van der Waals surface area contributed by atoms with E-state index in [0.717, 1.165) is 49.9 Å². The van der Waals surface area contributed by atoms with Crippen molar-refractivity contribution < 1.29 is 105 Å². The molecule has 2 aromatic rings. The largest absolute Gasteiger partial charge is 0.462 e. The number of nitrogens with one attached hydrogen (secondary N) is 2. The van der Waals surface area contributed by atoms with E-state index in [9.17, 15) is 19.8 Å². The lowest BCUT2D eigenvalue weighted by atomic mass is 9.62. The van der Waals surface area contributed by atoms with Gasteiger partial charge in [-0.2, -0.15) is 0 Å². The van der Waals surface area contributed by atoms with Crippen molar-refractivity contribution in [2.75, 3.05) is 81.5 Å². The Hall–Kier alpha value is -4.92. The Morgan fingerprint density at radius 3 is 1.23 bits per heavy atom. The number of fused-ring (bicyclic) bond motifs is 10. The van der Waals surface area contributed by atoms with Gasteiger partial charge in [-0.05, 0) is 235 Å². The number of carbonyl (C=O) groups is 4. The molecule has 14 rings (SSSR count). The monoisotopic (exact) mass is 1680 g/mol. The number of Topliss-reactive ketones (excluding diaryl/α,β-unsaturated/α-hetero) is 2. The highest BCUT2D eigenvalue weighted by Gasteiger charge is 2.63. The number of cyclic esters (lactones) is 2. The summed E-state index contributed by atoms with van der Waals surface area (Å²) in [5.41, 5.74) is 3.03. The van der Waals surface area contributed by atoms with Crippen LogP contribution in [-0.2, 0) is 95.0 Å². The minimum atomic E-state index is -0.869. The molecule has 26 heteroatoms. The molecule has 6 heterocycles. The quantitative estimate of drug-likeness (QED) is 0.0797. The van der Waals surface area contributed by atoms with Crippen LogP contribution in [0.15, 0.2) is 84.0 Å². The molecule has 120 heavy (non-hydrogen) atoms. The zero-order valence-corrected chi connectivity index (χ0v) is 74.5. The summed E-state index contributed by atoms with van der Waals surface area (Å²) in [6.07, 6.45) is 7.23. The molecule has 0 radical (unpaired) electrons. The average molecular weight is 1680 g/mol. The predicted octanol–water partition coefficient (Wildman–Crippen LogP) is 11.5. The van der Waals surface area contributed by atoms with Crippen molar-refractivity contribution in [2.45, 2.75) is 330 Å². The molecule has 6 aliphatic carbocycles. The Kier molecular flexibility index (Phi) is 32.2. The van der Waals surface area contributed by atoms with E-state index in [1.807, 2.05) is 95.3 Å². The number of anilines is 2. The molecule has 4 N–H and O–H groups in total. The summed E-state index contributed by atoms with van der Waals surface area (Å²) in [6, 6.07) is 19.6. The number of rotatable bonds is 22. The maximum absolute atomic E-state index is 15.1. The van der Waals surface area contributed by atoms with Crippen molar-refractivity contribution in [3.05, 3.63) is 84.0 Å². The number of carbonyl (C=O) groups excluding carboxylic acids is 4. The number of ether oxygens (including phenoxy) is 16. The van der Waals surface area contributed by atoms with Crippen molar-refractivity contribution in [2.24, 2.45) is 71.0 Å². The number of likely N-dealkylation sites (N-methyl/N-ethyl adjacent to an activating group) is 2. The highest BCUT2D eigenvalue weighted by atomic mass is 16.7. The summed E-state index contributed by atoms with van der Waals surface area (Å²) in [7, 11) is 18.1. The molecule has 0 bridgehead atoms. The summed E-state index contributed by atoms with van der Waals surface area (Å²) >= 11 is 0. The Morgan fingerprint density at radius 1 is 0.425 bits per heavy atom. The third kappa shape index (κ3) is 20.2. The number of para-hydroxylation sites is 2. The fourth-order valence-electron chi connectivity index (χ4n) is 23.9. The second-order valence-electron chi connectivity index (χ2n) is 37.3. The predicted molar refractivity (Wildman–Crippen MR) is 450 cm³/mol. The lowest BCUT2D eigenvalue weighted by molar-refractivity contribution is -0.314. The molecule has 672 valence electrons. The van der Waals surface area contributed by atoms with Gasteiger partial charge in [-0.3, -0.25) is 19.2 Å². The van der Waals surface area contributed by atoms with Crippen LogP contribution in [0.3, 0.4) is 0 Å². The minimum absolute atomic E-state index is 0.00373. The zero-order valence-electron chi connectivity index (χ0n) is 74.5. The van der Waals surface area contributed by atoms with E-state index in [-0.39, 0.29) is 157 Å². The van der Waals surface area contributed by atoms with E-state index in [2.05, 4.69) is 81.5 Å². The molecule has 10 fully saturated rings. The van der Waals surface area contributed by atoms with E-state index in [1.165, 1.54) is 0 Å². The van der Waals surface area contributed by atoms with E-state index in [0.29, 0.717) is 87.4 Å². The first kappa shape index (κ1) is 92.7. The standard InChI is InChI=1S/2C47H72N2O11/c1-10-29-17-14-18-37(60-39-20-19-36(49(5)6)26(3)56-39)25(2)42(51)35-23-32-31-21-30(59-47-46(55-9)45(54-8)44(53-7)27(4)57-47)22-34(31)43(52)41(48-28-15-12-11-13-16-28)40(32)33(35)24-38(50)58-29;1-10-29-17-14-18-37(60-39-20-19-36(49(5)6)26(3)56-39)25(2)42(51)35-23-32-31-21-30(59-47-46(55-9)45(54-8)44(53-7)27(4)57-47)22-34(31)41(48-28-15-12-11-13-16-28)43(52)40(32)33(35)24-38(50)58-29/h2*11-13,15-16,23,25-27,29-34,36-37,39-41,43-48,52H,10,14,17-22,24H2,1-9H3/t25-,26?,27?,29+,30+,31+,32+,33-,34-,36+,37+,39+,40-,41-,43-,44+,45?,46+,47+;25-,26?,27?,29+,30+,31+,32+,33-,34-,36+,37+,39+,40-,41+,43+,44+,45?,46+,47+/m11/s1. The number of aliphatic hydroxyl groups excluding tert-OH is 2. The number of hydrogen-bond donors (Lipinski definition) is 4. The molecule has 0 aromatic heterocycles. The summed E-state index contributed by atoms with van der Waals surface area (Å²) < 4.78 is 100. The SMILES string of the molecule is CC[C@H]1CCC[C@H](O[C@H]2CC[C@H](N(C)C)C(C)O2)[C@@H](C)C(=O)C2=C[C@H]3[C@@H]4C[C@H](O[C@@H]5OC(C)[C@H](OC)C(OC)[C@@H]5OC)C[C@H]4[C@@H](O)[C@H](Nc4ccccc4)[C@H]3[C@@H]2CC(=O)O1.CC[C@H]1CCC[C@H](O[C@H]2CC[C@H](N(C)C)C(C)O2)[C@@H](C)C(=O)C2=C[C@H]3[C@@H]4C[C@H](O[C@@H]5OC(C)[C@H](OC)C(OC)[C@@H]5OC)C[C@H]4[C@H](Nc4ccccc4)[C@@H](O)[C@H]3[C@@H]2CC(=O)O1. The molecule has 26 nitrogen and oxygen atoms in total. The van der Waals surface area contributed by atoms with Crippen LogP contribution in [-0.4, -0.2) is 274 Å². The summed E-state index contributed by atoms with van der Waals surface area (Å²) in [5.74, 6) is -3.62. The number of benzene rings is 2. The summed E-state index contributed by atoms with van der Waals surface area (Å²) in [5, 5.41) is 32.7. The van der Waals surface area contributed by atoms with Gasteiger partial charge in [0.05, 0.1) is 86.0 Å². The zero-order chi connectivity index (χ0) is 85.7. The minimum Gasteiger partial charge on any atom is -0.462 e. The van der Waals surface area contributed by atoms with Crippen LogP contribution in [0.5, 0.6) is 0 Å². The highest BCUT2D eigenvalue weighted by Crippen LogP contribution is 2.60. The fraction of sp³-hybridized carbons (Fsp3) is 0.787. The molecule has 0 spiro atoms. The average Bonchev–Trinajstić information content (AvgIpc) is 1.57. The van der Waals surface area contributed by atoms with Crippen LogP contribution in [0.1, 0.15) is 171 Å². The van der Waals surface area contributed by atoms with Gasteiger partial charge in [-0.15, -0.1) is 0 Å². The number of allylic oxidation sites excluding steroid dienone is 4. The third-order valence-corrected chi connectivity index (χ3v) is 30.0. The lowest BCUT2D eigenvalue weighted by Gasteiger charge is -2.47. The van der Waals surface area contributed by atoms with Crippen LogP contribution >= 0.6 is 0 Å². The molecular weight excluding hydrogens is 1540 g/mol. The normalized spacial score (nSPS) is 43.9. The summed E-state index contributed by atoms with van der Waals surface area (Å²) in [6.45, 7) is 16.1. The number of nitrogens with zero attached hydrogens (tertiary/aromatic N) is 2. The van der Waals surface area contributed by atoms with Gasteiger partial charge in [-0.25, -0.2) is 0 Å². The van der Waals surface area contributed by atoms with Crippen molar-refractivity contribution in [1.82, 2.24) is 9.80 Å². The first-order valence-corrected chi connectivity index (χ1v) is 45.4. The molecular formula is C94H144N4O22. The van der Waals surface area contributed by atoms with Crippen LogP contribution < -0.4 is 10.6 Å². The maximum atomic E-state index is 15.1. The van der Waals surface area contributed by atoms with Gasteiger partial charge in [0.2, 0.25) is 0 Å². The second kappa shape index (κ2) is 41.7. The Bertz CT molecular complexity index is 3690. The summed E-state index contributed by atoms with van der Waals surface area (Å²) in [4.78, 5) is 62.5. The number of ketones is 2. The molecule has 4 saturated carbocycles. The Labute approximate surface area is 713 Å². The van der Waals surface area contributed by atoms with Gasteiger partial charge in [0, 0.05) is 95.7 Å². The third-order valence-electron chi connectivity index (χ3n) is 30.0. The number of aliphatic hydroxyl groups is 2. The van der Waals surface area contributed by atoms with E-state index in [4.69, 9.17) is 75.8 Å². The molecule has 6 aliphatic heterocycles. The molecule has 12 aliphatic rings. The Balaban J connectivity index is 0.000000207. The van der Waals surface area contributed by atoms with Crippen LogP contribution in [0.2, 0.25) is 0 Å². The van der Waals surface area contributed by atoms with Crippen molar-refractivity contribution in [3.63, 3.8) is 0 Å². The van der Waals surface area contributed by atoms with Gasteiger partial charge < -0.3 is 106 Å². The van der Waals surface area contributed by atoms with Crippen molar-refractivity contribution in [1.29, 1.82) is 0 Å². The smallest absolute Gasteiger partial charge is 0.306 e. The van der Waals surface area contributed by atoms with Crippen molar-refractivity contribution in [3.8, 4) is 0 Å². The van der Waals surface area contributed by atoms with Crippen molar-refractivity contribution >= 4 is 34.9 Å².